The van der Waals surface area contributed by atoms with Crippen molar-refractivity contribution in [1.29, 1.82) is 5.26 Å². The van der Waals surface area contributed by atoms with Crippen LogP contribution in [0.1, 0.15) is 12.5 Å². The van der Waals surface area contributed by atoms with Crippen LogP contribution in [0.2, 0.25) is 0 Å². The zero-order chi connectivity index (χ0) is 14.5. The van der Waals surface area contributed by atoms with Crippen LogP contribution < -0.4 is 5.32 Å². The molecular weight excluding hydrogens is 339 g/mol. The van der Waals surface area contributed by atoms with E-state index >= 15 is 0 Å². The van der Waals surface area contributed by atoms with E-state index in [1.807, 2.05) is 19.1 Å². The maximum Gasteiger partial charge on any atom is 0.147 e. The van der Waals surface area contributed by atoms with Crippen LogP contribution in [0.5, 0.6) is 0 Å². The molecule has 0 heterocycles. The van der Waals surface area contributed by atoms with E-state index in [-0.39, 0.29) is 5.82 Å². The minimum Gasteiger partial charge on any atom is -0.352 e. The summed E-state index contributed by atoms with van der Waals surface area (Å²) in [6.07, 6.45) is 0. The lowest BCUT2D eigenvalue weighted by atomic mass is 10.2. The number of hydrogen-bond donors (Lipinski definition) is 1. The topological polar surface area (TPSA) is 35.8 Å². The summed E-state index contributed by atoms with van der Waals surface area (Å²) >= 11 is 4.81. The van der Waals surface area contributed by atoms with Gasteiger partial charge in [0.2, 0.25) is 0 Å². The van der Waals surface area contributed by atoms with Gasteiger partial charge >= 0.3 is 0 Å². The molecule has 2 rings (SSSR count). The molecule has 20 heavy (non-hydrogen) atoms. The van der Waals surface area contributed by atoms with E-state index in [4.69, 9.17) is 0 Å². The first kappa shape index (κ1) is 14.9. The van der Waals surface area contributed by atoms with Gasteiger partial charge < -0.3 is 5.32 Å². The van der Waals surface area contributed by atoms with E-state index < -0.39 is 0 Å². The number of rotatable bonds is 4. The molecule has 0 fully saturated rings. The summed E-state index contributed by atoms with van der Waals surface area (Å²) < 4.78 is 14.5. The van der Waals surface area contributed by atoms with Crippen LogP contribution in [0.15, 0.2) is 45.8 Å². The lowest BCUT2D eigenvalue weighted by Gasteiger charge is -2.12. The molecule has 0 unspecified atom stereocenters. The van der Waals surface area contributed by atoms with Crippen molar-refractivity contribution in [2.75, 3.05) is 11.1 Å². The van der Waals surface area contributed by atoms with Crippen molar-refractivity contribution in [2.24, 2.45) is 0 Å². The Bertz CT molecular complexity index is 667. The quantitative estimate of drug-likeness (QED) is 0.758. The number of nitrogens with zero attached hydrogens (tertiary/aromatic N) is 1. The number of nitrogens with one attached hydrogen (secondary N) is 1. The maximum atomic E-state index is 13.8. The van der Waals surface area contributed by atoms with Crippen LogP contribution in [0.4, 0.5) is 15.8 Å². The highest BCUT2D eigenvalue weighted by molar-refractivity contribution is 9.10. The number of halogens is 2. The zero-order valence-electron chi connectivity index (χ0n) is 10.8. The van der Waals surface area contributed by atoms with E-state index in [0.717, 1.165) is 10.6 Å². The third kappa shape index (κ3) is 3.33. The summed E-state index contributed by atoms with van der Waals surface area (Å²) in [5.74, 6) is 0.516. The monoisotopic (exact) mass is 350 g/mol. The fourth-order valence-corrected chi connectivity index (χ4v) is 2.88. The minimum atomic E-state index is -0.364. The van der Waals surface area contributed by atoms with E-state index in [9.17, 15) is 9.65 Å². The lowest BCUT2D eigenvalue weighted by Crippen LogP contribution is -1.97. The maximum absolute atomic E-state index is 13.8. The van der Waals surface area contributed by atoms with Gasteiger partial charge in [0, 0.05) is 9.37 Å². The first-order valence-electron chi connectivity index (χ1n) is 6.03. The fraction of sp³-hybridized carbons (Fsp3) is 0.133. The van der Waals surface area contributed by atoms with Crippen LogP contribution in [0.3, 0.4) is 0 Å². The molecular formula is C15H12BrFN2S. The molecule has 0 aliphatic heterocycles. The number of anilines is 2. The van der Waals surface area contributed by atoms with Crippen molar-refractivity contribution in [3.05, 3.63) is 52.3 Å². The van der Waals surface area contributed by atoms with E-state index in [1.54, 1.807) is 30.0 Å². The first-order valence-corrected chi connectivity index (χ1v) is 7.81. The van der Waals surface area contributed by atoms with Gasteiger partial charge in [0.25, 0.3) is 0 Å². The smallest absolute Gasteiger partial charge is 0.147 e. The van der Waals surface area contributed by atoms with Crippen molar-refractivity contribution in [3.8, 4) is 6.07 Å². The minimum absolute atomic E-state index is 0.350. The van der Waals surface area contributed by atoms with Crippen molar-refractivity contribution in [2.45, 2.75) is 11.8 Å². The van der Waals surface area contributed by atoms with Gasteiger partial charge in [-0.1, -0.05) is 28.9 Å². The molecule has 0 spiro atoms. The number of benzene rings is 2. The van der Waals surface area contributed by atoms with Crippen LogP contribution in [-0.4, -0.2) is 5.75 Å². The SMILES string of the molecule is CCSc1cccc(Nc2ccc(Br)cc2F)c1C#N. The predicted molar refractivity (Wildman–Crippen MR) is 84.9 cm³/mol. The Morgan fingerprint density at radius 1 is 1.30 bits per heavy atom. The van der Waals surface area contributed by atoms with Crippen molar-refractivity contribution >= 4 is 39.1 Å². The summed E-state index contributed by atoms with van der Waals surface area (Å²) in [7, 11) is 0. The first-order chi connectivity index (χ1) is 9.65. The van der Waals surface area contributed by atoms with Crippen LogP contribution in [0, 0.1) is 17.1 Å². The molecule has 0 aromatic heterocycles. The molecule has 0 amide bonds. The van der Waals surface area contributed by atoms with E-state index in [1.165, 1.54) is 6.07 Å². The molecule has 1 N–H and O–H groups in total. The summed E-state index contributed by atoms with van der Waals surface area (Å²) in [6.45, 7) is 2.03. The molecule has 2 aromatic rings. The van der Waals surface area contributed by atoms with Crippen LogP contribution >= 0.6 is 27.7 Å². The molecule has 2 aromatic carbocycles. The summed E-state index contributed by atoms with van der Waals surface area (Å²) in [5.41, 5.74) is 1.51. The summed E-state index contributed by atoms with van der Waals surface area (Å²) in [5, 5.41) is 12.3. The van der Waals surface area contributed by atoms with Gasteiger partial charge in [-0.05, 0) is 36.1 Å². The second-order valence-electron chi connectivity index (χ2n) is 3.97. The van der Waals surface area contributed by atoms with Gasteiger partial charge in [0.05, 0.1) is 16.9 Å². The normalized spacial score (nSPS) is 10.1. The predicted octanol–water partition coefficient (Wildman–Crippen LogP) is 5.32. The molecule has 0 aliphatic rings. The molecule has 0 aliphatic carbocycles. The van der Waals surface area contributed by atoms with Gasteiger partial charge in [-0.15, -0.1) is 11.8 Å². The standard InChI is InChI=1S/C15H12BrFN2S/c1-2-20-15-5-3-4-13(11(15)9-18)19-14-7-6-10(16)8-12(14)17/h3-8,19H,2H2,1H3. The van der Waals surface area contributed by atoms with Gasteiger partial charge in [0.1, 0.15) is 11.9 Å². The van der Waals surface area contributed by atoms with Crippen molar-refractivity contribution < 1.29 is 4.39 Å². The second-order valence-corrected chi connectivity index (χ2v) is 6.19. The summed E-state index contributed by atoms with van der Waals surface area (Å²) in [4.78, 5) is 0.900. The van der Waals surface area contributed by atoms with Crippen molar-refractivity contribution in [1.82, 2.24) is 0 Å². The Hall–Kier alpha value is -1.51. The van der Waals surface area contributed by atoms with Crippen LogP contribution in [-0.2, 0) is 0 Å². The Morgan fingerprint density at radius 2 is 2.10 bits per heavy atom. The lowest BCUT2D eigenvalue weighted by molar-refractivity contribution is 0.631. The number of hydrogen-bond acceptors (Lipinski definition) is 3. The molecule has 0 bridgehead atoms. The van der Waals surface area contributed by atoms with Crippen molar-refractivity contribution in [3.63, 3.8) is 0 Å². The third-order valence-electron chi connectivity index (χ3n) is 2.64. The molecule has 5 heteroatoms. The summed E-state index contributed by atoms with van der Waals surface area (Å²) in [6, 6.07) is 12.5. The van der Waals surface area contributed by atoms with Crippen LogP contribution in [0.25, 0.3) is 0 Å². The Kier molecular flexibility index (Phi) is 5.05. The Balaban J connectivity index is 2.38. The molecule has 0 saturated heterocycles. The highest BCUT2D eigenvalue weighted by Crippen LogP contribution is 2.31. The average molecular weight is 351 g/mol. The average Bonchev–Trinajstić information content (AvgIpc) is 2.42. The third-order valence-corrected chi connectivity index (χ3v) is 4.07. The highest BCUT2D eigenvalue weighted by atomic mass is 79.9. The van der Waals surface area contributed by atoms with E-state index in [0.29, 0.717) is 21.4 Å². The zero-order valence-corrected chi connectivity index (χ0v) is 13.2. The van der Waals surface area contributed by atoms with Gasteiger partial charge in [-0.25, -0.2) is 4.39 Å². The Morgan fingerprint density at radius 3 is 2.75 bits per heavy atom. The molecule has 0 saturated carbocycles. The van der Waals surface area contributed by atoms with E-state index in [2.05, 4.69) is 27.3 Å². The molecule has 0 radical (unpaired) electrons. The number of nitriles is 1. The fourth-order valence-electron chi connectivity index (χ4n) is 1.76. The molecule has 102 valence electrons. The van der Waals surface area contributed by atoms with Gasteiger partial charge in [-0.3, -0.25) is 0 Å². The highest BCUT2D eigenvalue weighted by Gasteiger charge is 2.10. The molecule has 0 atom stereocenters. The Labute approximate surface area is 130 Å². The van der Waals surface area contributed by atoms with Gasteiger partial charge in [-0.2, -0.15) is 5.26 Å². The largest absolute Gasteiger partial charge is 0.352 e. The van der Waals surface area contributed by atoms with Gasteiger partial charge in [0.15, 0.2) is 0 Å². The number of thioether (sulfide) groups is 1. The second kappa shape index (κ2) is 6.78. The molecule has 2 nitrogen and oxygen atoms in total.